The van der Waals surface area contributed by atoms with E-state index < -0.39 is 132 Å². The lowest BCUT2D eigenvalue weighted by Crippen LogP contribution is -2.68. The predicted molar refractivity (Wildman–Crippen MR) is 210 cm³/mol. The van der Waals surface area contributed by atoms with Gasteiger partial charge in [-0.25, -0.2) is 0 Å². The number of aliphatic hydroxyl groups is 9. The molecule has 0 bridgehead atoms. The Bertz CT molecular complexity index is 1670. The molecule has 0 aromatic heterocycles. The SMILES string of the molecule is CC(=O)O[C@@H]1C[C@]2(C)[C@H]3CC=C4[C@@H]5[C@H](O)C(C)(C)CC[C@]5(C(=O)O[C@@H]5O[C@H](CO[C@@H]6O[C@H](CO)[C@@H](O)[C@H](O)[C@H]6O)[C@@H](O)[C@H](O)[C@H]5O)CC[C@@]4(C)[C@]3(C)CC[C@H]2C(C)(C)[C@@H]1O. The van der Waals surface area contributed by atoms with Crippen LogP contribution in [0.15, 0.2) is 11.6 Å². The van der Waals surface area contributed by atoms with Crippen LogP contribution in [0.5, 0.6) is 0 Å². The largest absolute Gasteiger partial charge is 0.460 e. The van der Waals surface area contributed by atoms with Gasteiger partial charge >= 0.3 is 11.9 Å². The summed E-state index contributed by atoms with van der Waals surface area (Å²) in [7, 11) is 0. The third-order valence-corrected chi connectivity index (χ3v) is 17.7. The van der Waals surface area contributed by atoms with Crippen molar-refractivity contribution in [2.24, 2.45) is 50.2 Å². The standard InChI is InChI=1S/C44H70O16/c1-20(46)57-22-17-41(6)25(40(4,5)34(22)53)11-12-43(8)26(41)10-9-21-27-35(54)39(2,3)13-15-44(27,16-14-42(21,43)7)38(55)60-37-33(52)31(50)29(48)24(59-37)19-56-36-32(51)30(49)28(47)23(18-45)58-36/h9,22-37,45,47-54H,10-19H2,1-8H3/t22-,23-,24-,25+,26-,27-,28-,29-,30+,31+,32-,33-,34-,35+,36-,37+,41+,42-,43-,44+/m1/s1. The topological polar surface area (TPSA) is 262 Å². The van der Waals surface area contributed by atoms with Crippen LogP contribution in [0.3, 0.4) is 0 Å². The quantitative estimate of drug-likeness (QED) is 0.127. The van der Waals surface area contributed by atoms with Gasteiger partial charge in [-0.3, -0.25) is 9.59 Å². The van der Waals surface area contributed by atoms with E-state index in [2.05, 4.69) is 40.7 Å². The van der Waals surface area contributed by atoms with E-state index in [4.69, 9.17) is 23.7 Å². The summed E-state index contributed by atoms with van der Waals surface area (Å²) in [5.74, 6) is -1.50. The van der Waals surface area contributed by atoms with Crippen molar-refractivity contribution in [3.05, 3.63) is 11.6 Å². The molecular formula is C44H70O16. The molecule has 5 aliphatic carbocycles. The summed E-state index contributed by atoms with van der Waals surface area (Å²) in [6, 6.07) is 0. The van der Waals surface area contributed by atoms with Gasteiger partial charge in [0, 0.05) is 12.8 Å². The van der Waals surface area contributed by atoms with Crippen LogP contribution in [0.2, 0.25) is 0 Å². The van der Waals surface area contributed by atoms with Gasteiger partial charge in [0.05, 0.1) is 30.8 Å². The smallest absolute Gasteiger partial charge is 0.315 e. The molecule has 0 spiro atoms. The summed E-state index contributed by atoms with van der Waals surface area (Å²) in [4.78, 5) is 27.1. The first-order chi connectivity index (χ1) is 27.8. The molecule has 0 aromatic rings. The van der Waals surface area contributed by atoms with E-state index in [1.54, 1.807) is 0 Å². The predicted octanol–water partition coefficient (Wildman–Crippen LogP) is 0.829. The molecule has 6 fully saturated rings. The van der Waals surface area contributed by atoms with Gasteiger partial charge in [0.2, 0.25) is 6.29 Å². The van der Waals surface area contributed by atoms with Gasteiger partial charge in [-0.05, 0) is 90.3 Å². The Morgan fingerprint density at radius 3 is 1.95 bits per heavy atom. The van der Waals surface area contributed by atoms with E-state index in [1.165, 1.54) is 6.92 Å². The van der Waals surface area contributed by atoms with Crippen molar-refractivity contribution in [1.29, 1.82) is 0 Å². The number of allylic oxidation sites excluding steroid dienone is 1. The van der Waals surface area contributed by atoms with Crippen molar-refractivity contribution in [2.45, 2.75) is 186 Å². The molecular weight excluding hydrogens is 784 g/mol. The van der Waals surface area contributed by atoms with Crippen molar-refractivity contribution < 1.29 is 79.2 Å². The van der Waals surface area contributed by atoms with Crippen molar-refractivity contribution in [1.82, 2.24) is 0 Å². The summed E-state index contributed by atoms with van der Waals surface area (Å²) in [6.07, 6.45) is -12.0. The van der Waals surface area contributed by atoms with Crippen LogP contribution in [0.25, 0.3) is 0 Å². The zero-order valence-electron chi connectivity index (χ0n) is 36.3. The van der Waals surface area contributed by atoms with Crippen LogP contribution < -0.4 is 0 Å². The Morgan fingerprint density at radius 2 is 1.32 bits per heavy atom. The Hall–Kier alpha value is -1.80. The number of carbonyl (C=O) groups excluding carboxylic acids is 2. The first-order valence-corrected chi connectivity index (χ1v) is 21.9. The van der Waals surface area contributed by atoms with E-state index in [0.29, 0.717) is 38.5 Å². The van der Waals surface area contributed by atoms with Gasteiger partial charge in [0.1, 0.15) is 54.9 Å². The lowest BCUT2D eigenvalue weighted by atomic mass is 9.33. The van der Waals surface area contributed by atoms with Crippen LogP contribution in [-0.2, 0) is 33.3 Å². The Balaban J connectivity index is 1.16. The minimum Gasteiger partial charge on any atom is -0.460 e. The zero-order chi connectivity index (χ0) is 44.3. The number of hydrogen-bond acceptors (Lipinski definition) is 16. The van der Waals surface area contributed by atoms with Crippen molar-refractivity contribution >= 4 is 11.9 Å². The van der Waals surface area contributed by atoms with Crippen molar-refractivity contribution in [2.75, 3.05) is 13.2 Å². The molecule has 0 radical (unpaired) electrons. The monoisotopic (exact) mass is 854 g/mol. The Labute approximate surface area is 352 Å². The highest BCUT2D eigenvalue weighted by Gasteiger charge is 2.72. The van der Waals surface area contributed by atoms with Gasteiger partial charge in [0.15, 0.2) is 6.29 Å². The highest BCUT2D eigenvalue weighted by molar-refractivity contribution is 5.79. The minimum absolute atomic E-state index is 0.136. The highest BCUT2D eigenvalue weighted by atomic mass is 16.7. The van der Waals surface area contributed by atoms with E-state index >= 15 is 0 Å². The summed E-state index contributed by atoms with van der Waals surface area (Å²) >= 11 is 0. The second kappa shape index (κ2) is 15.7. The lowest BCUT2D eigenvalue weighted by Gasteiger charge is -2.71. The first-order valence-electron chi connectivity index (χ1n) is 21.9. The van der Waals surface area contributed by atoms with E-state index in [0.717, 1.165) is 18.4 Å². The van der Waals surface area contributed by atoms with E-state index in [1.807, 2.05) is 13.8 Å². The second-order valence-corrected chi connectivity index (χ2v) is 21.4. The average Bonchev–Trinajstić information content (AvgIpc) is 3.17. The van der Waals surface area contributed by atoms with Gasteiger partial charge in [0.25, 0.3) is 0 Å². The molecule has 2 aliphatic heterocycles. The molecule has 4 saturated carbocycles. The molecule has 9 N–H and O–H groups in total. The number of aliphatic hydroxyl groups excluding tert-OH is 9. The fourth-order valence-corrected chi connectivity index (χ4v) is 13.8. The molecule has 2 heterocycles. The maximum atomic E-state index is 14.9. The van der Waals surface area contributed by atoms with Gasteiger partial charge in [-0.15, -0.1) is 0 Å². The van der Waals surface area contributed by atoms with Gasteiger partial charge in [-0.2, -0.15) is 0 Å². The fourth-order valence-electron chi connectivity index (χ4n) is 13.8. The Kier molecular flexibility index (Phi) is 12.1. The third kappa shape index (κ3) is 6.84. The normalized spacial score (nSPS) is 52.0. The molecule has 2 saturated heterocycles. The summed E-state index contributed by atoms with van der Waals surface area (Å²) in [5, 5.41) is 97.2. The molecule has 0 unspecified atom stereocenters. The number of rotatable bonds is 7. The molecule has 20 atom stereocenters. The van der Waals surface area contributed by atoms with E-state index in [9.17, 15) is 55.5 Å². The number of fused-ring (bicyclic) bond motifs is 7. The summed E-state index contributed by atoms with van der Waals surface area (Å²) < 4.78 is 28.7. The van der Waals surface area contributed by atoms with Crippen LogP contribution in [0.1, 0.15) is 107 Å². The fraction of sp³-hybridized carbons (Fsp3) is 0.909. The third-order valence-electron chi connectivity index (χ3n) is 17.7. The Morgan fingerprint density at radius 1 is 0.717 bits per heavy atom. The second-order valence-electron chi connectivity index (χ2n) is 21.4. The van der Waals surface area contributed by atoms with Crippen LogP contribution in [0, 0.1) is 50.2 Å². The first kappa shape index (κ1) is 46.2. The average molecular weight is 855 g/mol. The summed E-state index contributed by atoms with van der Waals surface area (Å²) in [6.45, 7) is 15.1. The molecule has 0 aromatic carbocycles. The minimum atomic E-state index is -1.86. The number of esters is 2. The van der Waals surface area contributed by atoms with Crippen molar-refractivity contribution in [3.63, 3.8) is 0 Å². The van der Waals surface area contributed by atoms with Gasteiger partial charge < -0.3 is 69.6 Å². The number of hydrogen-bond donors (Lipinski definition) is 9. The molecule has 7 rings (SSSR count). The van der Waals surface area contributed by atoms with Gasteiger partial charge in [-0.1, -0.05) is 60.1 Å². The zero-order valence-corrected chi connectivity index (χ0v) is 36.3. The van der Waals surface area contributed by atoms with Crippen LogP contribution in [-0.4, -0.2) is 151 Å². The molecule has 16 heteroatoms. The van der Waals surface area contributed by atoms with Crippen LogP contribution in [0.4, 0.5) is 0 Å². The molecule has 60 heavy (non-hydrogen) atoms. The molecule has 342 valence electrons. The molecule has 7 aliphatic rings. The van der Waals surface area contributed by atoms with Crippen LogP contribution >= 0.6 is 0 Å². The van der Waals surface area contributed by atoms with Crippen molar-refractivity contribution in [3.8, 4) is 0 Å². The molecule has 0 amide bonds. The highest BCUT2D eigenvalue weighted by Crippen LogP contribution is 2.76. The number of carbonyl (C=O) groups is 2. The lowest BCUT2D eigenvalue weighted by molar-refractivity contribution is -0.328. The number of ether oxygens (including phenoxy) is 5. The maximum absolute atomic E-state index is 14.9. The maximum Gasteiger partial charge on any atom is 0.315 e. The summed E-state index contributed by atoms with van der Waals surface area (Å²) in [5.41, 5.74) is -2.37. The van der Waals surface area contributed by atoms with E-state index in [-0.39, 0.29) is 22.7 Å². The molecule has 16 nitrogen and oxygen atoms in total.